The molecule has 2 aromatic carbocycles. The maximum absolute atomic E-state index is 12.6. The Balaban J connectivity index is 1.82. The van der Waals surface area contributed by atoms with Gasteiger partial charge in [-0.3, -0.25) is 9.59 Å². The summed E-state index contributed by atoms with van der Waals surface area (Å²) < 4.78 is 0. The predicted molar refractivity (Wildman–Crippen MR) is 106 cm³/mol. The van der Waals surface area contributed by atoms with Gasteiger partial charge in [-0.1, -0.05) is 53.5 Å². The summed E-state index contributed by atoms with van der Waals surface area (Å²) in [6.45, 7) is 0. The summed E-state index contributed by atoms with van der Waals surface area (Å²) in [7, 11) is 0. The third-order valence-electron chi connectivity index (χ3n) is 3.78. The van der Waals surface area contributed by atoms with Crippen molar-refractivity contribution in [2.75, 3.05) is 0 Å². The molecule has 1 atom stereocenters. The first-order valence-corrected chi connectivity index (χ1v) is 9.56. The molecule has 0 saturated heterocycles. The summed E-state index contributed by atoms with van der Waals surface area (Å²) in [4.78, 5) is 28.1. The molecule has 3 aromatic rings. The second-order valence-corrected chi connectivity index (χ2v) is 7.40. The molecule has 0 radical (unpaired) electrons. The van der Waals surface area contributed by atoms with Crippen LogP contribution in [0, 0.1) is 0 Å². The van der Waals surface area contributed by atoms with Crippen molar-refractivity contribution in [3.63, 3.8) is 0 Å². The Morgan fingerprint density at radius 2 is 1.93 bits per heavy atom. The highest BCUT2D eigenvalue weighted by Gasteiger charge is 2.21. The minimum absolute atomic E-state index is 0.201. The molecule has 1 amide bonds. The fraction of sp³-hybridized carbons (Fsp3) is 0.105. The number of carboxylic acids is 1. The predicted octanol–water partition coefficient (Wildman–Crippen LogP) is 5.06. The van der Waals surface area contributed by atoms with Crippen molar-refractivity contribution >= 4 is 46.4 Å². The summed E-state index contributed by atoms with van der Waals surface area (Å²) in [5.41, 5.74) is 1.55. The number of nitrogens with zero attached hydrogens (tertiary/aromatic N) is 1. The third-order valence-corrected chi connectivity index (χ3v) is 5.22. The van der Waals surface area contributed by atoms with Gasteiger partial charge in [0, 0.05) is 16.0 Å². The number of benzene rings is 2. The van der Waals surface area contributed by atoms with E-state index < -0.39 is 17.9 Å². The van der Waals surface area contributed by atoms with Gasteiger partial charge in [-0.15, -0.1) is 11.3 Å². The van der Waals surface area contributed by atoms with Gasteiger partial charge in [-0.2, -0.15) is 0 Å². The molecular formula is C19H14Cl2N2O3S. The number of hydrogen-bond acceptors (Lipinski definition) is 4. The number of aromatic nitrogens is 1. The average molecular weight is 421 g/mol. The van der Waals surface area contributed by atoms with Crippen LogP contribution >= 0.6 is 34.5 Å². The largest absolute Gasteiger partial charge is 0.481 e. The zero-order chi connectivity index (χ0) is 19.4. The molecule has 0 aliphatic carbocycles. The van der Waals surface area contributed by atoms with Crippen molar-refractivity contribution in [3.05, 3.63) is 75.2 Å². The Morgan fingerprint density at radius 1 is 1.15 bits per heavy atom. The monoisotopic (exact) mass is 420 g/mol. The molecule has 0 aliphatic heterocycles. The maximum Gasteiger partial charge on any atom is 0.305 e. The highest BCUT2D eigenvalue weighted by Crippen LogP contribution is 2.30. The lowest BCUT2D eigenvalue weighted by Crippen LogP contribution is -2.30. The highest BCUT2D eigenvalue weighted by atomic mass is 35.5. The lowest BCUT2D eigenvalue weighted by atomic mass is 10.0. The van der Waals surface area contributed by atoms with Crippen LogP contribution < -0.4 is 5.32 Å². The molecule has 0 saturated carbocycles. The van der Waals surface area contributed by atoms with E-state index in [-0.39, 0.29) is 12.1 Å². The Labute approximate surface area is 169 Å². The van der Waals surface area contributed by atoms with Gasteiger partial charge in [0.15, 0.2) is 0 Å². The first-order chi connectivity index (χ1) is 12.9. The number of thiazole rings is 1. The van der Waals surface area contributed by atoms with Crippen LogP contribution in [0.1, 0.15) is 28.5 Å². The van der Waals surface area contributed by atoms with Gasteiger partial charge in [0.25, 0.3) is 5.91 Å². The maximum atomic E-state index is 12.6. The Kier molecular flexibility index (Phi) is 6.11. The molecule has 8 heteroatoms. The van der Waals surface area contributed by atoms with Crippen molar-refractivity contribution < 1.29 is 14.7 Å². The van der Waals surface area contributed by atoms with E-state index in [0.29, 0.717) is 20.6 Å². The van der Waals surface area contributed by atoms with Crippen LogP contribution in [0.5, 0.6) is 0 Å². The number of halogens is 2. The summed E-state index contributed by atoms with van der Waals surface area (Å²) >= 11 is 13.4. The van der Waals surface area contributed by atoms with Gasteiger partial charge < -0.3 is 10.4 Å². The third kappa shape index (κ3) is 4.86. The van der Waals surface area contributed by atoms with Crippen LogP contribution in [0.15, 0.2) is 53.9 Å². The Bertz CT molecular complexity index is 990. The van der Waals surface area contributed by atoms with Gasteiger partial charge >= 0.3 is 5.97 Å². The van der Waals surface area contributed by atoms with Gasteiger partial charge in [-0.25, -0.2) is 4.98 Å². The minimum atomic E-state index is -1.03. The number of nitrogens with one attached hydrogen (secondary N) is 1. The van der Waals surface area contributed by atoms with Crippen LogP contribution in [-0.2, 0) is 4.79 Å². The van der Waals surface area contributed by atoms with Crippen molar-refractivity contribution in [3.8, 4) is 10.6 Å². The zero-order valence-corrected chi connectivity index (χ0v) is 16.2. The number of carbonyl (C=O) groups excluding carboxylic acids is 1. The van der Waals surface area contributed by atoms with Gasteiger partial charge in [0.1, 0.15) is 10.7 Å². The molecule has 2 N–H and O–H groups in total. The standard InChI is InChI=1S/C19H14Cl2N2O3S/c20-12-5-3-4-11(8-12)15(9-17(24)25)22-18(26)16-10-27-19(23-16)13-6-1-2-7-14(13)21/h1-8,10,15H,9H2,(H,22,26)(H,24,25). The van der Waals surface area contributed by atoms with E-state index in [1.54, 1.807) is 35.7 Å². The van der Waals surface area contributed by atoms with Gasteiger partial charge in [0.05, 0.1) is 17.5 Å². The number of rotatable bonds is 6. The summed E-state index contributed by atoms with van der Waals surface area (Å²) in [5.74, 6) is -1.49. The van der Waals surface area contributed by atoms with Crippen molar-refractivity contribution in [1.29, 1.82) is 0 Å². The number of aliphatic carboxylic acids is 1. The van der Waals surface area contributed by atoms with E-state index in [0.717, 1.165) is 5.56 Å². The molecule has 3 rings (SSSR count). The lowest BCUT2D eigenvalue weighted by Gasteiger charge is -2.17. The molecule has 0 aliphatic rings. The quantitative estimate of drug-likeness (QED) is 0.583. The molecule has 0 bridgehead atoms. The minimum Gasteiger partial charge on any atom is -0.481 e. The van der Waals surface area contributed by atoms with Crippen LogP contribution in [0.4, 0.5) is 0 Å². The Morgan fingerprint density at radius 3 is 2.63 bits per heavy atom. The van der Waals surface area contributed by atoms with Crippen molar-refractivity contribution in [2.24, 2.45) is 0 Å². The molecule has 1 heterocycles. The van der Waals surface area contributed by atoms with Gasteiger partial charge in [-0.05, 0) is 23.8 Å². The summed E-state index contributed by atoms with van der Waals surface area (Å²) in [6.07, 6.45) is -0.270. The molecule has 0 spiro atoms. The average Bonchev–Trinajstić information content (AvgIpc) is 3.11. The van der Waals surface area contributed by atoms with Gasteiger partial charge in [0.2, 0.25) is 0 Å². The van der Waals surface area contributed by atoms with Crippen LogP contribution in [0.25, 0.3) is 10.6 Å². The fourth-order valence-corrected chi connectivity index (χ4v) is 3.84. The summed E-state index contributed by atoms with van der Waals surface area (Å²) in [6, 6.07) is 13.2. The number of carbonyl (C=O) groups is 2. The summed E-state index contributed by atoms with van der Waals surface area (Å²) in [5, 5.41) is 15.1. The SMILES string of the molecule is O=C(O)CC(NC(=O)c1csc(-c2ccccc2Cl)n1)c1cccc(Cl)c1. The molecule has 0 fully saturated rings. The van der Waals surface area contributed by atoms with Crippen molar-refractivity contribution in [2.45, 2.75) is 12.5 Å². The topological polar surface area (TPSA) is 79.3 Å². The lowest BCUT2D eigenvalue weighted by molar-refractivity contribution is -0.137. The second-order valence-electron chi connectivity index (χ2n) is 5.70. The van der Waals surface area contributed by atoms with E-state index in [1.165, 1.54) is 11.3 Å². The molecule has 138 valence electrons. The van der Waals surface area contributed by atoms with E-state index in [9.17, 15) is 9.59 Å². The first-order valence-electron chi connectivity index (χ1n) is 7.92. The molecule has 27 heavy (non-hydrogen) atoms. The van der Waals surface area contributed by atoms with E-state index >= 15 is 0 Å². The molecular weight excluding hydrogens is 407 g/mol. The zero-order valence-electron chi connectivity index (χ0n) is 13.9. The number of carboxylic acid groups (broad SMARTS) is 1. The highest BCUT2D eigenvalue weighted by molar-refractivity contribution is 7.13. The van der Waals surface area contributed by atoms with Crippen LogP contribution in [0.2, 0.25) is 10.0 Å². The smallest absolute Gasteiger partial charge is 0.305 e. The van der Waals surface area contributed by atoms with Crippen LogP contribution in [-0.4, -0.2) is 22.0 Å². The molecule has 1 aromatic heterocycles. The molecule has 1 unspecified atom stereocenters. The van der Waals surface area contributed by atoms with Crippen LogP contribution in [0.3, 0.4) is 0 Å². The first kappa shape index (κ1) is 19.4. The molecule has 5 nitrogen and oxygen atoms in total. The van der Waals surface area contributed by atoms with Crippen molar-refractivity contribution in [1.82, 2.24) is 10.3 Å². The fourth-order valence-electron chi connectivity index (χ4n) is 2.52. The number of hydrogen-bond donors (Lipinski definition) is 2. The second kappa shape index (κ2) is 8.52. The van der Waals surface area contributed by atoms with E-state index in [4.69, 9.17) is 28.3 Å². The number of amides is 1. The Hall–Kier alpha value is -2.41. The normalized spacial score (nSPS) is 11.8. The van der Waals surface area contributed by atoms with E-state index in [2.05, 4.69) is 10.3 Å². The van der Waals surface area contributed by atoms with E-state index in [1.807, 2.05) is 18.2 Å².